The Morgan fingerprint density at radius 3 is 2.57 bits per heavy atom. The minimum Gasteiger partial charge on any atom is -0.350 e. The number of aromatic nitrogens is 1. The van der Waals surface area contributed by atoms with Gasteiger partial charge in [0.1, 0.15) is 6.04 Å². The van der Waals surface area contributed by atoms with Gasteiger partial charge in [0.25, 0.3) is 5.91 Å². The van der Waals surface area contributed by atoms with Crippen LogP contribution in [0.4, 0.5) is 0 Å². The molecule has 2 aromatic rings. The number of hydrogen-bond acceptors (Lipinski definition) is 3. The van der Waals surface area contributed by atoms with E-state index in [4.69, 9.17) is 0 Å². The van der Waals surface area contributed by atoms with Crippen molar-refractivity contribution < 1.29 is 9.59 Å². The first kappa shape index (κ1) is 14.7. The summed E-state index contributed by atoms with van der Waals surface area (Å²) in [6.07, 6.45) is 3.36. The van der Waals surface area contributed by atoms with Crippen molar-refractivity contribution >= 4 is 11.8 Å². The van der Waals surface area contributed by atoms with E-state index in [1.165, 1.54) is 0 Å². The van der Waals surface area contributed by atoms with Gasteiger partial charge in [-0.25, -0.2) is 0 Å². The average molecular weight is 283 g/mol. The summed E-state index contributed by atoms with van der Waals surface area (Å²) in [5.74, 6) is -0.497. The molecule has 0 saturated heterocycles. The van der Waals surface area contributed by atoms with Crippen LogP contribution in [0.1, 0.15) is 22.8 Å². The Morgan fingerprint density at radius 1 is 1.14 bits per heavy atom. The molecule has 1 aromatic carbocycles. The summed E-state index contributed by atoms with van der Waals surface area (Å²) in [7, 11) is 0. The summed E-state index contributed by atoms with van der Waals surface area (Å²) in [5, 5.41) is 5.43. The number of benzene rings is 1. The third-order valence-corrected chi connectivity index (χ3v) is 2.97. The van der Waals surface area contributed by atoms with Gasteiger partial charge in [-0.05, 0) is 30.7 Å². The molecule has 0 saturated carbocycles. The quantitative estimate of drug-likeness (QED) is 0.874. The highest BCUT2D eigenvalue weighted by atomic mass is 16.2. The monoisotopic (exact) mass is 283 g/mol. The van der Waals surface area contributed by atoms with Crippen molar-refractivity contribution in [1.82, 2.24) is 15.6 Å². The van der Waals surface area contributed by atoms with Crippen molar-refractivity contribution in [1.29, 1.82) is 0 Å². The van der Waals surface area contributed by atoms with Crippen molar-refractivity contribution in [2.24, 2.45) is 0 Å². The number of hydrogen-bond donors (Lipinski definition) is 2. The molecular formula is C16H17N3O2. The zero-order valence-corrected chi connectivity index (χ0v) is 11.7. The highest BCUT2D eigenvalue weighted by Gasteiger charge is 2.15. The van der Waals surface area contributed by atoms with Gasteiger partial charge in [-0.2, -0.15) is 0 Å². The molecule has 21 heavy (non-hydrogen) atoms. The topological polar surface area (TPSA) is 71.1 Å². The number of carbonyl (C=O) groups excluding carboxylic acids is 2. The fourth-order valence-corrected chi connectivity index (χ4v) is 1.78. The molecule has 0 aliphatic carbocycles. The lowest BCUT2D eigenvalue weighted by atomic mass is 10.2. The van der Waals surface area contributed by atoms with Crippen LogP contribution in [0.3, 0.4) is 0 Å². The second-order valence-electron chi connectivity index (χ2n) is 4.64. The molecule has 0 aliphatic rings. The highest BCUT2D eigenvalue weighted by Crippen LogP contribution is 1.99. The summed E-state index contributed by atoms with van der Waals surface area (Å²) in [6, 6.07) is 11.9. The Balaban J connectivity index is 1.84. The number of nitrogens with zero attached hydrogens (tertiary/aromatic N) is 1. The van der Waals surface area contributed by atoms with Crippen molar-refractivity contribution in [2.45, 2.75) is 19.5 Å². The predicted molar refractivity (Wildman–Crippen MR) is 79.5 cm³/mol. The summed E-state index contributed by atoms with van der Waals surface area (Å²) >= 11 is 0. The van der Waals surface area contributed by atoms with E-state index in [1.807, 2.05) is 18.2 Å². The normalized spacial score (nSPS) is 11.5. The molecule has 1 aromatic heterocycles. The van der Waals surface area contributed by atoms with Crippen molar-refractivity contribution in [3.63, 3.8) is 0 Å². The summed E-state index contributed by atoms with van der Waals surface area (Å²) in [4.78, 5) is 27.8. The van der Waals surface area contributed by atoms with Crippen molar-refractivity contribution in [3.05, 3.63) is 66.0 Å². The molecule has 1 atom stereocenters. The first-order valence-electron chi connectivity index (χ1n) is 6.69. The summed E-state index contributed by atoms with van der Waals surface area (Å²) < 4.78 is 0. The van der Waals surface area contributed by atoms with Crippen LogP contribution in [0.2, 0.25) is 0 Å². The van der Waals surface area contributed by atoms with Gasteiger partial charge in [0.15, 0.2) is 0 Å². The second-order valence-corrected chi connectivity index (χ2v) is 4.64. The molecule has 2 amide bonds. The number of pyridine rings is 1. The number of carbonyl (C=O) groups is 2. The zero-order chi connectivity index (χ0) is 15.1. The van der Waals surface area contributed by atoms with Gasteiger partial charge >= 0.3 is 0 Å². The molecule has 0 aliphatic heterocycles. The van der Waals surface area contributed by atoms with Crippen LogP contribution in [-0.2, 0) is 11.3 Å². The van der Waals surface area contributed by atoms with E-state index < -0.39 is 6.04 Å². The van der Waals surface area contributed by atoms with Gasteiger partial charge in [0.2, 0.25) is 5.91 Å². The van der Waals surface area contributed by atoms with E-state index in [0.717, 1.165) is 5.56 Å². The molecule has 0 fully saturated rings. The van der Waals surface area contributed by atoms with E-state index in [1.54, 1.807) is 43.6 Å². The summed E-state index contributed by atoms with van der Waals surface area (Å²) in [5.41, 5.74) is 1.44. The Labute approximate surface area is 123 Å². The molecule has 0 spiro atoms. The average Bonchev–Trinajstić information content (AvgIpc) is 2.54. The fourth-order valence-electron chi connectivity index (χ4n) is 1.78. The van der Waals surface area contributed by atoms with Crippen LogP contribution in [0.15, 0.2) is 54.9 Å². The van der Waals surface area contributed by atoms with Crippen LogP contribution in [0.5, 0.6) is 0 Å². The predicted octanol–water partition coefficient (Wildman–Crippen LogP) is 1.52. The molecule has 0 unspecified atom stereocenters. The van der Waals surface area contributed by atoms with Crippen LogP contribution in [0, 0.1) is 0 Å². The molecule has 2 N–H and O–H groups in total. The van der Waals surface area contributed by atoms with E-state index in [9.17, 15) is 9.59 Å². The second kappa shape index (κ2) is 7.19. The van der Waals surface area contributed by atoms with E-state index in [0.29, 0.717) is 12.1 Å². The minimum absolute atomic E-state index is 0.233. The number of amides is 2. The van der Waals surface area contributed by atoms with Crippen molar-refractivity contribution in [2.75, 3.05) is 0 Å². The van der Waals surface area contributed by atoms with E-state index >= 15 is 0 Å². The maximum Gasteiger partial charge on any atom is 0.251 e. The third kappa shape index (κ3) is 4.42. The van der Waals surface area contributed by atoms with Gasteiger partial charge in [-0.15, -0.1) is 0 Å². The number of nitrogens with one attached hydrogen (secondary N) is 2. The minimum atomic E-state index is -0.602. The van der Waals surface area contributed by atoms with Gasteiger partial charge < -0.3 is 10.6 Å². The van der Waals surface area contributed by atoms with Crippen LogP contribution < -0.4 is 10.6 Å². The van der Waals surface area contributed by atoms with Crippen molar-refractivity contribution in [3.8, 4) is 0 Å². The molecule has 2 rings (SSSR count). The maximum atomic E-state index is 11.9. The molecule has 1 heterocycles. The van der Waals surface area contributed by atoms with E-state index in [2.05, 4.69) is 15.6 Å². The molecular weight excluding hydrogens is 266 g/mol. The Bertz CT molecular complexity index is 599. The summed E-state index contributed by atoms with van der Waals surface area (Å²) in [6.45, 7) is 2.04. The maximum absolute atomic E-state index is 11.9. The molecule has 0 radical (unpaired) electrons. The number of rotatable bonds is 5. The largest absolute Gasteiger partial charge is 0.350 e. The van der Waals surface area contributed by atoms with E-state index in [-0.39, 0.29) is 11.8 Å². The Morgan fingerprint density at radius 2 is 1.90 bits per heavy atom. The van der Waals surface area contributed by atoms with Crippen LogP contribution in [-0.4, -0.2) is 22.8 Å². The lowest BCUT2D eigenvalue weighted by Gasteiger charge is -2.14. The molecule has 108 valence electrons. The SMILES string of the molecule is C[C@@H](NC(=O)c1ccccc1)C(=O)NCc1cccnc1. The Kier molecular flexibility index (Phi) is 5.04. The van der Waals surface area contributed by atoms with Gasteiger partial charge in [-0.1, -0.05) is 24.3 Å². The highest BCUT2D eigenvalue weighted by molar-refractivity contribution is 5.97. The van der Waals surface area contributed by atoms with Gasteiger partial charge in [-0.3, -0.25) is 14.6 Å². The van der Waals surface area contributed by atoms with Crippen LogP contribution in [0.25, 0.3) is 0 Å². The first-order chi connectivity index (χ1) is 10.2. The standard InChI is InChI=1S/C16H17N3O2/c1-12(19-16(21)14-7-3-2-4-8-14)15(20)18-11-13-6-5-9-17-10-13/h2-10,12H,11H2,1H3,(H,18,20)(H,19,21)/t12-/m1/s1. The first-order valence-corrected chi connectivity index (χ1v) is 6.69. The van der Waals surface area contributed by atoms with Gasteiger partial charge in [0.05, 0.1) is 0 Å². The van der Waals surface area contributed by atoms with Crippen LogP contribution >= 0.6 is 0 Å². The Hall–Kier alpha value is -2.69. The molecule has 0 bridgehead atoms. The molecule has 5 nitrogen and oxygen atoms in total. The lowest BCUT2D eigenvalue weighted by Crippen LogP contribution is -2.44. The molecule has 5 heteroatoms. The zero-order valence-electron chi connectivity index (χ0n) is 11.7. The van der Waals surface area contributed by atoms with Gasteiger partial charge in [0, 0.05) is 24.5 Å². The fraction of sp³-hybridized carbons (Fsp3) is 0.188. The smallest absolute Gasteiger partial charge is 0.251 e. The third-order valence-electron chi connectivity index (χ3n) is 2.97. The lowest BCUT2D eigenvalue weighted by molar-refractivity contribution is -0.122.